The molecule has 3 aromatic rings. The molecule has 0 unspecified atom stereocenters. The van der Waals surface area contributed by atoms with E-state index < -0.39 is 24.0 Å². The van der Waals surface area contributed by atoms with Crippen molar-refractivity contribution in [2.45, 2.75) is 25.8 Å². The number of halogens is 1. The third kappa shape index (κ3) is 5.07. The van der Waals surface area contributed by atoms with Crippen LogP contribution < -0.4 is 10.6 Å². The molecule has 4 rings (SSSR count). The van der Waals surface area contributed by atoms with Gasteiger partial charge in [-0.25, -0.2) is 9.59 Å². The number of anilines is 1. The molecule has 0 aromatic heterocycles. The lowest BCUT2D eigenvalue weighted by atomic mass is 9.98. The van der Waals surface area contributed by atoms with Gasteiger partial charge in [-0.2, -0.15) is 0 Å². The molecule has 35 heavy (non-hydrogen) atoms. The van der Waals surface area contributed by atoms with Gasteiger partial charge in [0.2, 0.25) is 5.91 Å². The quantitative estimate of drug-likeness (QED) is 0.362. The number of carboxylic acid groups (broad SMARTS) is 1. The normalized spacial score (nSPS) is 13.0. The number of fused-ring (bicyclic) bond motifs is 3. The Labute approximate surface area is 211 Å². The summed E-state index contributed by atoms with van der Waals surface area (Å²) < 4.78 is 6.00. The molecule has 180 valence electrons. The van der Waals surface area contributed by atoms with Crippen molar-refractivity contribution in [3.63, 3.8) is 0 Å². The number of rotatable bonds is 7. The van der Waals surface area contributed by atoms with E-state index in [1.165, 1.54) is 6.07 Å². The van der Waals surface area contributed by atoms with Gasteiger partial charge in [0.1, 0.15) is 12.6 Å². The monoisotopic (exact) mass is 536 g/mol. The number of amides is 2. The Morgan fingerprint density at radius 3 is 2.11 bits per heavy atom. The van der Waals surface area contributed by atoms with E-state index >= 15 is 0 Å². The fraction of sp³-hybridized carbons (Fsp3) is 0.222. The molecule has 8 heteroatoms. The maximum atomic E-state index is 13.0. The highest BCUT2D eigenvalue weighted by Gasteiger charge is 2.31. The van der Waals surface area contributed by atoms with Gasteiger partial charge in [-0.15, -0.1) is 0 Å². The highest BCUT2D eigenvalue weighted by atomic mass is 79.9. The van der Waals surface area contributed by atoms with Crippen molar-refractivity contribution in [3.8, 4) is 11.1 Å². The molecule has 0 fully saturated rings. The number of carboxylic acids is 1. The number of benzene rings is 3. The van der Waals surface area contributed by atoms with Gasteiger partial charge in [0.15, 0.2) is 0 Å². The van der Waals surface area contributed by atoms with E-state index in [2.05, 4.69) is 38.7 Å². The molecule has 0 aliphatic heterocycles. The SMILES string of the molecule is CC(C)[C@H](NC(=O)OCC1c2ccccc2-c2ccccc21)C(=O)Nc1c(Br)cccc1C(=O)O. The predicted octanol–water partition coefficient (Wildman–Crippen LogP) is 5.65. The van der Waals surface area contributed by atoms with Gasteiger partial charge in [-0.05, 0) is 56.2 Å². The van der Waals surface area contributed by atoms with Crippen molar-refractivity contribution in [3.05, 3.63) is 87.9 Å². The van der Waals surface area contributed by atoms with Crippen LogP contribution in [-0.2, 0) is 9.53 Å². The average Bonchev–Trinajstić information content (AvgIpc) is 3.15. The van der Waals surface area contributed by atoms with Crippen LogP contribution in [-0.4, -0.2) is 35.7 Å². The van der Waals surface area contributed by atoms with Crippen LogP contribution in [0.1, 0.15) is 41.3 Å². The summed E-state index contributed by atoms with van der Waals surface area (Å²) in [5, 5.41) is 14.7. The van der Waals surface area contributed by atoms with E-state index in [0.29, 0.717) is 4.47 Å². The lowest BCUT2D eigenvalue weighted by Gasteiger charge is -2.23. The Kier molecular flexibility index (Phi) is 7.21. The van der Waals surface area contributed by atoms with Crippen LogP contribution in [0.25, 0.3) is 11.1 Å². The number of hydrogen-bond acceptors (Lipinski definition) is 4. The molecule has 0 saturated carbocycles. The van der Waals surface area contributed by atoms with Crippen LogP contribution in [0.15, 0.2) is 71.2 Å². The van der Waals surface area contributed by atoms with Crippen molar-refractivity contribution < 1.29 is 24.2 Å². The first-order chi connectivity index (χ1) is 16.8. The van der Waals surface area contributed by atoms with Crippen molar-refractivity contribution in [1.82, 2.24) is 5.32 Å². The van der Waals surface area contributed by atoms with Gasteiger partial charge in [-0.1, -0.05) is 68.4 Å². The second-order valence-electron chi connectivity index (χ2n) is 8.65. The molecule has 0 heterocycles. The summed E-state index contributed by atoms with van der Waals surface area (Å²) in [6.45, 7) is 3.69. The molecule has 3 N–H and O–H groups in total. The van der Waals surface area contributed by atoms with Crippen molar-refractivity contribution >= 4 is 39.6 Å². The minimum atomic E-state index is -1.17. The van der Waals surface area contributed by atoms with Gasteiger partial charge in [-0.3, -0.25) is 4.79 Å². The summed E-state index contributed by atoms with van der Waals surface area (Å²) >= 11 is 3.28. The minimum Gasteiger partial charge on any atom is -0.478 e. The summed E-state index contributed by atoms with van der Waals surface area (Å²) in [4.78, 5) is 37.3. The van der Waals surface area contributed by atoms with Gasteiger partial charge in [0, 0.05) is 10.4 Å². The first kappa shape index (κ1) is 24.5. The van der Waals surface area contributed by atoms with Crippen molar-refractivity contribution in [2.75, 3.05) is 11.9 Å². The average molecular weight is 537 g/mol. The Morgan fingerprint density at radius 2 is 1.54 bits per heavy atom. The molecular weight excluding hydrogens is 512 g/mol. The molecule has 0 bridgehead atoms. The molecule has 1 atom stereocenters. The second-order valence-corrected chi connectivity index (χ2v) is 9.50. The first-order valence-electron chi connectivity index (χ1n) is 11.2. The van der Waals surface area contributed by atoms with Gasteiger partial charge >= 0.3 is 12.1 Å². The molecule has 0 radical (unpaired) electrons. The standard InChI is InChI=1S/C27H25BrN2O5/c1-15(2)23(25(31)29-24-20(26(32)33)12-7-13-22(24)28)30-27(34)35-14-21-18-10-5-3-8-16(18)17-9-4-6-11-19(17)21/h3-13,15,21,23H,14H2,1-2H3,(H,29,31)(H,30,34)(H,32,33)/t23-/m0/s1. The molecule has 0 spiro atoms. The van der Waals surface area contributed by atoms with Gasteiger partial charge in [0.05, 0.1) is 11.3 Å². The predicted molar refractivity (Wildman–Crippen MR) is 137 cm³/mol. The smallest absolute Gasteiger partial charge is 0.407 e. The van der Waals surface area contributed by atoms with Crippen molar-refractivity contribution in [1.29, 1.82) is 0 Å². The largest absolute Gasteiger partial charge is 0.478 e. The molecule has 3 aromatic carbocycles. The third-order valence-corrected chi connectivity index (χ3v) is 6.72. The van der Waals surface area contributed by atoms with Crippen LogP contribution in [0.5, 0.6) is 0 Å². The molecule has 1 aliphatic rings. The third-order valence-electron chi connectivity index (χ3n) is 6.06. The van der Waals surface area contributed by atoms with Crippen LogP contribution in [0, 0.1) is 5.92 Å². The maximum Gasteiger partial charge on any atom is 0.407 e. The van der Waals surface area contributed by atoms with Crippen LogP contribution in [0.3, 0.4) is 0 Å². The lowest BCUT2D eigenvalue weighted by molar-refractivity contribution is -0.119. The summed E-state index contributed by atoms with van der Waals surface area (Å²) in [7, 11) is 0. The zero-order chi connectivity index (χ0) is 25.1. The number of para-hydroxylation sites is 1. The number of carbonyl (C=O) groups is 3. The van der Waals surface area contributed by atoms with Gasteiger partial charge < -0.3 is 20.5 Å². The number of nitrogens with one attached hydrogen (secondary N) is 2. The zero-order valence-electron chi connectivity index (χ0n) is 19.2. The maximum absolute atomic E-state index is 13.0. The van der Waals surface area contributed by atoms with E-state index in [-0.39, 0.29) is 29.7 Å². The summed E-state index contributed by atoms with van der Waals surface area (Å²) in [5.41, 5.74) is 4.50. The van der Waals surface area contributed by atoms with Crippen LogP contribution >= 0.6 is 15.9 Å². The Balaban J connectivity index is 1.45. The summed E-state index contributed by atoms with van der Waals surface area (Å²) in [6, 6.07) is 19.7. The number of ether oxygens (including phenoxy) is 1. The van der Waals surface area contributed by atoms with Crippen LogP contribution in [0.4, 0.5) is 10.5 Å². The van der Waals surface area contributed by atoms with Crippen molar-refractivity contribution in [2.24, 2.45) is 5.92 Å². The van der Waals surface area contributed by atoms with Gasteiger partial charge in [0.25, 0.3) is 0 Å². The molecule has 0 saturated heterocycles. The minimum absolute atomic E-state index is 0.0589. The topological polar surface area (TPSA) is 105 Å². The number of aromatic carboxylic acids is 1. The number of hydrogen-bond donors (Lipinski definition) is 3. The van der Waals surface area contributed by atoms with E-state index in [0.717, 1.165) is 22.3 Å². The summed E-state index contributed by atoms with van der Waals surface area (Å²) in [5.74, 6) is -2.08. The number of alkyl carbamates (subject to hydrolysis) is 1. The summed E-state index contributed by atoms with van der Waals surface area (Å²) in [6.07, 6.45) is -0.716. The van der Waals surface area contributed by atoms with E-state index in [1.807, 2.05) is 36.4 Å². The first-order valence-corrected chi connectivity index (χ1v) is 12.0. The molecule has 2 amide bonds. The Bertz CT molecular complexity index is 1240. The van der Waals surface area contributed by atoms with E-state index in [9.17, 15) is 19.5 Å². The second kappa shape index (κ2) is 10.3. The number of carbonyl (C=O) groups excluding carboxylic acids is 2. The molecule has 7 nitrogen and oxygen atoms in total. The molecular formula is C27H25BrN2O5. The highest BCUT2D eigenvalue weighted by Crippen LogP contribution is 2.44. The van der Waals surface area contributed by atoms with E-state index in [4.69, 9.17) is 4.74 Å². The van der Waals surface area contributed by atoms with Crippen LogP contribution in [0.2, 0.25) is 0 Å². The molecule has 1 aliphatic carbocycles. The van der Waals surface area contributed by atoms with E-state index in [1.54, 1.807) is 26.0 Å². The fourth-order valence-electron chi connectivity index (χ4n) is 4.33. The lowest BCUT2D eigenvalue weighted by Crippen LogP contribution is -2.47. The Morgan fingerprint density at radius 1 is 0.943 bits per heavy atom. The fourth-order valence-corrected chi connectivity index (χ4v) is 4.80. The highest BCUT2D eigenvalue weighted by molar-refractivity contribution is 9.10. The Hall–Kier alpha value is -3.65. The zero-order valence-corrected chi connectivity index (χ0v) is 20.8.